The molecule has 0 fully saturated rings. The van der Waals surface area contributed by atoms with Gasteiger partial charge in [-0.2, -0.15) is 4.31 Å². The van der Waals surface area contributed by atoms with Gasteiger partial charge in [0.15, 0.2) is 5.78 Å². The molecule has 0 aliphatic heterocycles. The fourth-order valence-corrected chi connectivity index (χ4v) is 4.56. The molecule has 0 saturated heterocycles. The van der Waals surface area contributed by atoms with Crippen LogP contribution in [0.25, 0.3) is 0 Å². The molecule has 6 heteroatoms. The van der Waals surface area contributed by atoms with Gasteiger partial charge in [-0.1, -0.05) is 18.2 Å². The number of aryl methyl sites for hydroxylation is 2. The van der Waals surface area contributed by atoms with Crippen LogP contribution >= 0.6 is 11.3 Å². The van der Waals surface area contributed by atoms with E-state index < -0.39 is 16.1 Å². The number of Topliss-reactive ketones (excluding diaryl/α,β-unsaturated/α-hetero) is 1. The summed E-state index contributed by atoms with van der Waals surface area (Å²) in [6.07, 6.45) is 0. The average Bonchev–Trinajstić information content (AvgIpc) is 3.02. The molecule has 4 nitrogen and oxygen atoms in total. The van der Waals surface area contributed by atoms with Crippen LogP contribution in [0.1, 0.15) is 28.4 Å². The van der Waals surface area contributed by atoms with Gasteiger partial charge in [0.05, 0.1) is 6.04 Å². The van der Waals surface area contributed by atoms with Crippen LogP contribution in [-0.4, -0.2) is 31.6 Å². The largest absolute Gasteiger partial charge is 0.292 e. The summed E-state index contributed by atoms with van der Waals surface area (Å²) >= 11 is 1.15. The topological polar surface area (TPSA) is 54.5 Å². The quantitative estimate of drug-likeness (QED) is 0.787. The summed E-state index contributed by atoms with van der Waals surface area (Å²) in [7, 11) is -2.19. The maximum atomic E-state index is 12.6. The molecule has 118 valence electrons. The first-order valence-corrected chi connectivity index (χ1v) is 9.20. The lowest BCUT2D eigenvalue weighted by atomic mass is 10.0. The van der Waals surface area contributed by atoms with Gasteiger partial charge in [0, 0.05) is 12.6 Å². The van der Waals surface area contributed by atoms with Crippen LogP contribution in [0.4, 0.5) is 0 Å². The highest BCUT2D eigenvalue weighted by molar-refractivity contribution is 7.91. The highest BCUT2D eigenvalue weighted by Gasteiger charge is 2.30. The van der Waals surface area contributed by atoms with Crippen molar-refractivity contribution in [3.05, 3.63) is 52.4 Å². The molecule has 1 unspecified atom stereocenters. The smallest absolute Gasteiger partial charge is 0.252 e. The molecule has 0 aliphatic carbocycles. The van der Waals surface area contributed by atoms with Crippen LogP contribution < -0.4 is 0 Å². The van der Waals surface area contributed by atoms with Crippen LogP contribution in [0.15, 0.2) is 39.9 Å². The third kappa shape index (κ3) is 3.14. The molecule has 0 amide bonds. The van der Waals surface area contributed by atoms with Gasteiger partial charge in [0.2, 0.25) is 0 Å². The molecule has 0 aliphatic rings. The molecule has 0 saturated carbocycles. The summed E-state index contributed by atoms with van der Waals surface area (Å²) in [5.41, 5.74) is 2.65. The first-order valence-electron chi connectivity index (χ1n) is 6.88. The van der Waals surface area contributed by atoms with Gasteiger partial charge in [-0.25, -0.2) is 8.42 Å². The molecule has 2 rings (SSSR count). The SMILES string of the molecule is Cc1ccc(C(=O)C(C)N(C)S(=O)(=O)c2cccs2)cc1C. The molecule has 22 heavy (non-hydrogen) atoms. The fourth-order valence-electron chi connectivity index (χ4n) is 2.06. The summed E-state index contributed by atoms with van der Waals surface area (Å²) in [6, 6.07) is 7.90. The van der Waals surface area contributed by atoms with Crippen LogP contribution in [-0.2, 0) is 10.0 Å². The van der Waals surface area contributed by atoms with Crippen molar-refractivity contribution in [3.8, 4) is 0 Å². The number of carbonyl (C=O) groups is 1. The number of ketones is 1. The number of carbonyl (C=O) groups excluding carboxylic acids is 1. The van der Waals surface area contributed by atoms with E-state index in [1.807, 2.05) is 19.9 Å². The molecule has 2 aromatic rings. The monoisotopic (exact) mass is 337 g/mol. The highest BCUT2D eigenvalue weighted by atomic mass is 32.2. The van der Waals surface area contributed by atoms with Gasteiger partial charge >= 0.3 is 0 Å². The van der Waals surface area contributed by atoms with E-state index in [9.17, 15) is 13.2 Å². The second-order valence-corrected chi connectivity index (χ2v) is 8.46. The summed E-state index contributed by atoms with van der Waals surface area (Å²) in [5.74, 6) is -0.203. The molecular formula is C16H19NO3S2. The summed E-state index contributed by atoms with van der Waals surface area (Å²) in [5, 5.41) is 1.70. The molecule has 1 aromatic carbocycles. The van der Waals surface area contributed by atoms with Crippen molar-refractivity contribution in [2.45, 2.75) is 31.0 Å². The molecule has 1 aromatic heterocycles. The Bertz CT molecular complexity index is 780. The fraction of sp³-hybridized carbons (Fsp3) is 0.312. The van der Waals surface area contributed by atoms with Crippen molar-refractivity contribution in [1.29, 1.82) is 0 Å². The summed E-state index contributed by atoms with van der Waals surface area (Å²) in [6.45, 7) is 5.52. The van der Waals surface area contributed by atoms with E-state index >= 15 is 0 Å². The van der Waals surface area contributed by atoms with E-state index in [4.69, 9.17) is 0 Å². The third-order valence-electron chi connectivity index (χ3n) is 3.84. The van der Waals surface area contributed by atoms with E-state index in [0.717, 1.165) is 26.8 Å². The Kier molecular flexibility index (Phi) is 4.84. The lowest BCUT2D eigenvalue weighted by Crippen LogP contribution is -2.40. The lowest BCUT2D eigenvalue weighted by molar-refractivity contribution is 0.0919. The molecule has 1 atom stereocenters. The Hall–Kier alpha value is -1.50. The van der Waals surface area contributed by atoms with Crippen molar-refractivity contribution >= 4 is 27.1 Å². The Labute approximate surface area is 135 Å². The minimum absolute atomic E-state index is 0.203. The lowest BCUT2D eigenvalue weighted by Gasteiger charge is -2.22. The van der Waals surface area contributed by atoms with Gasteiger partial charge in [-0.3, -0.25) is 4.79 Å². The molecule has 0 spiro atoms. The van der Waals surface area contributed by atoms with Gasteiger partial charge < -0.3 is 0 Å². The van der Waals surface area contributed by atoms with E-state index in [2.05, 4.69) is 0 Å². The van der Waals surface area contributed by atoms with Crippen LogP contribution in [0.3, 0.4) is 0 Å². The van der Waals surface area contributed by atoms with E-state index in [1.165, 1.54) is 7.05 Å². The Morgan fingerprint density at radius 1 is 1.18 bits per heavy atom. The van der Waals surface area contributed by atoms with Gasteiger partial charge in [-0.15, -0.1) is 11.3 Å². The maximum Gasteiger partial charge on any atom is 0.252 e. The number of thiophene rings is 1. The molecule has 0 bridgehead atoms. The second kappa shape index (κ2) is 6.32. The number of likely N-dealkylation sites (N-methyl/N-ethyl adjacent to an activating group) is 1. The van der Waals surface area contributed by atoms with Crippen LogP contribution in [0, 0.1) is 13.8 Å². The van der Waals surface area contributed by atoms with Crippen molar-refractivity contribution in [2.24, 2.45) is 0 Å². The number of hydrogen-bond donors (Lipinski definition) is 0. The highest BCUT2D eigenvalue weighted by Crippen LogP contribution is 2.23. The normalized spacial score (nSPS) is 13.3. The van der Waals surface area contributed by atoms with Crippen molar-refractivity contribution in [1.82, 2.24) is 4.31 Å². The van der Waals surface area contributed by atoms with E-state index in [0.29, 0.717) is 5.56 Å². The maximum absolute atomic E-state index is 12.6. The standard InChI is InChI=1S/C16H19NO3S2/c1-11-7-8-14(10-12(11)2)16(18)13(3)17(4)22(19,20)15-6-5-9-21-15/h5-10,13H,1-4H3. The number of benzene rings is 1. The van der Waals surface area contributed by atoms with Crippen molar-refractivity contribution in [2.75, 3.05) is 7.05 Å². The van der Waals surface area contributed by atoms with E-state index in [1.54, 1.807) is 36.6 Å². The first kappa shape index (κ1) is 16.9. The van der Waals surface area contributed by atoms with Crippen LogP contribution in [0.5, 0.6) is 0 Å². The zero-order valence-corrected chi connectivity index (χ0v) is 14.7. The molecule has 1 heterocycles. The summed E-state index contributed by atoms with van der Waals surface area (Å²) in [4.78, 5) is 12.6. The van der Waals surface area contributed by atoms with Crippen LogP contribution in [0.2, 0.25) is 0 Å². The Morgan fingerprint density at radius 2 is 1.86 bits per heavy atom. The summed E-state index contributed by atoms with van der Waals surface area (Å²) < 4.78 is 26.3. The average molecular weight is 337 g/mol. The first-order chi connectivity index (χ1) is 10.2. The minimum atomic E-state index is -3.64. The Morgan fingerprint density at radius 3 is 2.41 bits per heavy atom. The molecule has 0 N–H and O–H groups in total. The van der Waals surface area contributed by atoms with Crippen molar-refractivity contribution in [3.63, 3.8) is 0 Å². The van der Waals surface area contributed by atoms with Crippen molar-refractivity contribution < 1.29 is 13.2 Å². The van der Waals surface area contributed by atoms with Gasteiger partial charge in [0.1, 0.15) is 4.21 Å². The molecule has 0 radical (unpaired) electrons. The van der Waals surface area contributed by atoms with Gasteiger partial charge in [-0.05, 0) is 49.4 Å². The zero-order valence-electron chi connectivity index (χ0n) is 13.0. The number of hydrogen-bond acceptors (Lipinski definition) is 4. The number of rotatable bonds is 5. The number of nitrogens with zero attached hydrogens (tertiary/aromatic N) is 1. The zero-order chi connectivity index (χ0) is 16.5. The Balaban J connectivity index is 2.28. The van der Waals surface area contributed by atoms with E-state index in [-0.39, 0.29) is 9.99 Å². The number of sulfonamides is 1. The predicted octanol–water partition coefficient (Wildman–Crippen LogP) is 3.26. The minimum Gasteiger partial charge on any atom is -0.292 e. The third-order valence-corrected chi connectivity index (χ3v) is 7.15. The predicted molar refractivity (Wildman–Crippen MR) is 89.0 cm³/mol. The molecular weight excluding hydrogens is 318 g/mol. The van der Waals surface area contributed by atoms with Gasteiger partial charge in [0.25, 0.3) is 10.0 Å². The second-order valence-electron chi connectivity index (χ2n) is 5.29.